The predicted molar refractivity (Wildman–Crippen MR) is 166 cm³/mol. The summed E-state index contributed by atoms with van der Waals surface area (Å²) in [7, 11) is -1.87. The van der Waals surface area contributed by atoms with E-state index in [0.717, 1.165) is 37.4 Å². The molecule has 38 heavy (non-hydrogen) atoms. The van der Waals surface area contributed by atoms with Crippen LogP contribution in [0.4, 0.5) is 0 Å². The van der Waals surface area contributed by atoms with Gasteiger partial charge in [-0.25, -0.2) is 0 Å². The fourth-order valence-corrected chi connectivity index (χ4v) is 11.1. The molecule has 2 N–H and O–H groups in total. The molecular formula is C33H58O3SSi. The van der Waals surface area contributed by atoms with Gasteiger partial charge in [-0.05, 0) is 112 Å². The van der Waals surface area contributed by atoms with Gasteiger partial charge in [0, 0.05) is 10.7 Å². The second kappa shape index (κ2) is 10.6. The molecule has 0 aromatic heterocycles. The Balaban J connectivity index is 1.49. The Bertz CT molecular complexity index is 928. The number of thioether (sulfide) groups is 1. The molecule has 0 aromatic carbocycles. The second-order valence-corrected chi connectivity index (χ2v) is 22.2. The van der Waals surface area contributed by atoms with Crippen molar-refractivity contribution in [3.8, 4) is 0 Å². The molecule has 0 heterocycles. The Morgan fingerprint density at radius 2 is 1.76 bits per heavy atom. The Morgan fingerprint density at radius 3 is 2.39 bits per heavy atom. The normalized spacial score (nSPS) is 38.6. The first-order valence-corrected chi connectivity index (χ1v) is 19.5. The van der Waals surface area contributed by atoms with Crippen molar-refractivity contribution in [3.05, 3.63) is 23.3 Å². The SMILES string of the molecule is CC(SCCCC(C)(C)O)[C@H]1CC[C@H]2C3=CC=C4CC(O[Si](C)(C)C(C)(C)C)CC(O)[C@]4(C)[C@H]3CC[C@]12C. The van der Waals surface area contributed by atoms with Crippen LogP contribution >= 0.6 is 11.8 Å². The molecule has 0 saturated heterocycles. The number of aliphatic hydroxyl groups is 2. The largest absolute Gasteiger partial charge is 0.414 e. The number of hydrogen-bond acceptors (Lipinski definition) is 4. The summed E-state index contributed by atoms with van der Waals surface area (Å²) in [4.78, 5) is 0. The maximum absolute atomic E-state index is 11.7. The Morgan fingerprint density at radius 1 is 1.08 bits per heavy atom. The number of rotatable bonds is 8. The number of allylic oxidation sites excluding steroid dienone is 3. The topological polar surface area (TPSA) is 49.7 Å². The molecule has 0 spiro atoms. The molecule has 8 atom stereocenters. The summed E-state index contributed by atoms with van der Waals surface area (Å²) in [5.74, 6) is 3.01. The zero-order valence-electron chi connectivity index (χ0n) is 26.2. The summed E-state index contributed by atoms with van der Waals surface area (Å²) in [6.07, 6.45) is 13.5. The lowest BCUT2D eigenvalue weighted by atomic mass is 9.49. The van der Waals surface area contributed by atoms with E-state index >= 15 is 0 Å². The minimum absolute atomic E-state index is 0.138. The molecule has 3 saturated carbocycles. The van der Waals surface area contributed by atoms with Crippen LogP contribution in [0.2, 0.25) is 18.1 Å². The van der Waals surface area contributed by atoms with Gasteiger partial charge in [-0.1, -0.05) is 64.8 Å². The molecule has 0 radical (unpaired) electrons. The van der Waals surface area contributed by atoms with Crippen molar-refractivity contribution in [1.82, 2.24) is 0 Å². The summed E-state index contributed by atoms with van der Waals surface area (Å²) in [6.45, 7) is 22.9. The van der Waals surface area contributed by atoms with Crippen molar-refractivity contribution < 1.29 is 14.6 Å². The molecule has 4 aliphatic rings. The highest BCUT2D eigenvalue weighted by molar-refractivity contribution is 7.99. The lowest BCUT2D eigenvalue weighted by molar-refractivity contribution is -0.0498. The van der Waals surface area contributed by atoms with Gasteiger partial charge in [-0.3, -0.25) is 0 Å². The van der Waals surface area contributed by atoms with E-state index in [1.165, 1.54) is 31.3 Å². The van der Waals surface area contributed by atoms with E-state index in [-0.39, 0.29) is 22.7 Å². The van der Waals surface area contributed by atoms with Crippen LogP contribution in [0.3, 0.4) is 0 Å². The average molecular weight is 563 g/mol. The van der Waals surface area contributed by atoms with Crippen LogP contribution in [-0.2, 0) is 4.43 Å². The zero-order chi connectivity index (χ0) is 28.3. The van der Waals surface area contributed by atoms with Crippen LogP contribution in [-0.4, -0.2) is 47.3 Å². The number of hydrogen-bond donors (Lipinski definition) is 2. The quantitative estimate of drug-likeness (QED) is 0.230. The van der Waals surface area contributed by atoms with Gasteiger partial charge in [-0.15, -0.1) is 0 Å². The molecule has 0 aromatic rings. The Hall–Kier alpha value is -0.0731. The van der Waals surface area contributed by atoms with Gasteiger partial charge in [0.05, 0.1) is 17.8 Å². The molecule has 3 nitrogen and oxygen atoms in total. The van der Waals surface area contributed by atoms with Crippen LogP contribution in [0.15, 0.2) is 23.3 Å². The third-order valence-electron chi connectivity index (χ3n) is 11.9. The third kappa shape index (κ3) is 5.67. The van der Waals surface area contributed by atoms with E-state index in [2.05, 4.69) is 78.6 Å². The third-order valence-corrected chi connectivity index (χ3v) is 17.8. The monoisotopic (exact) mass is 562 g/mol. The van der Waals surface area contributed by atoms with Crippen LogP contribution in [0.5, 0.6) is 0 Å². The lowest BCUT2D eigenvalue weighted by Gasteiger charge is -2.57. The van der Waals surface area contributed by atoms with Gasteiger partial charge in [0.25, 0.3) is 0 Å². The number of aliphatic hydroxyl groups excluding tert-OH is 1. The van der Waals surface area contributed by atoms with Gasteiger partial charge in [-0.2, -0.15) is 11.8 Å². The van der Waals surface area contributed by atoms with Gasteiger partial charge in [0.2, 0.25) is 0 Å². The highest BCUT2D eigenvalue weighted by atomic mass is 32.2. The van der Waals surface area contributed by atoms with Crippen LogP contribution < -0.4 is 0 Å². The summed E-state index contributed by atoms with van der Waals surface area (Å²) in [6, 6.07) is 0. The van der Waals surface area contributed by atoms with E-state index < -0.39 is 13.9 Å². The maximum atomic E-state index is 11.7. The van der Waals surface area contributed by atoms with E-state index in [1.807, 2.05) is 13.8 Å². The van der Waals surface area contributed by atoms with Crippen molar-refractivity contribution in [1.29, 1.82) is 0 Å². The van der Waals surface area contributed by atoms with Crippen molar-refractivity contribution in [3.63, 3.8) is 0 Å². The first-order chi connectivity index (χ1) is 17.4. The molecule has 5 heteroatoms. The van der Waals surface area contributed by atoms with Crippen LogP contribution in [0, 0.1) is 28.6 Å². The fourth-order valence-electron chi connectivity index (χ4n) is 8.42. The first-order valence-electron chi connectivity index (χ1n) is 15.5. The van der Waals surface area contributed by atoms with Gasteiger partial charge in [0.15, 0.2) is 8.32 Å². The molecule has 0 bridgehead atoms. The second-order valence-electron chi connectivity index (χ2n) is 15.9. The van der Waals surface area contributed by atoms with Crippen LogP contribution in [0.1, 0.15) is 107 Å². The van der Waals surface area contributed by atoms with Gasteiger partial charge >= 0.3 is 0 Å². The van der Waals surface area contributed by atoms with Crippen molar-refractivity contribution >= 4 is 20.1 Å². The molecule has 4 aliphatic carbocycles. The van der Waals surface area contributed by atoms with Crippen molar-refractivity contribution in [2.24, 2.45) is 28.6 Å². The van der Waals surface area contributed by atoms with Gasteiger partial charge in [0.1, 0.15) is 0 Å². The van der Waals surface area contributed by atoms with Crippen molar-refractivity contribution in [2.75, 3.05) is 5.75 Å². The fraction of sp³-hybridized carbons (Fsp3) is 0.879. The molecule has 3 unspecified atom stereocenters. The van der Waals surface area contributed by atoms with Crippen molar-refractivity contribution in [2.45, 2.75) is 148 Å². The molecule has 4 rings (SSSR count). The first kappa shape index (κ1) is 30.9. The van der Waals surface area contributed by atoms with E-state index in [1.54, 1.807) is 5.57 Å². The smallest absolute Gasteiger partial charge is 0.192 e. The summed E-state index contributed by atoms with van der Waals surface area (Å²) >= 11 is 2.13. The van der Waals surface area contributed by atoms with Gasteiger partial charge < -0.3 is 14.6 Å². The summed E-state index contributed by atoms with van der Waals surface area (Å²) in [5.41, 5.74) is 2.75. The molecule has 218 valence electrons. The number of fused-ring (bicyclic) bond motifs is 5. The summed E-state index contributed by atoms with van der Waals surface area (Å²) in [5, 5.41) is 22.7. The lowest BCUT2D eigenvalue weighted by Crippen LogP contribution is -2.54. The van der Waals surface area contributed by atoms with E-state index in [0.29, 0.717) is 22.5 Å². The standard InChI is InChI=1S/C33H58O3SSi/c1-22(37-19-11-17-31(5,6)35)26-14-15-27-25-13-12-23-20-24(36-38(9,10)30(2,3)4)21-29(34)33(23,8)28(25)16-18-32(26,27)7/h12-13,22,24,26-29,34-35H,11,14-21H2,1-10H3/t22?,24?,26-,27+,28+,29?,32-,33+/m1/s1. The highest BCUT2D eigenvalue weighted by Gasteiger charge is 2.59. The Kier molecular flexibility index (Phi) is 8.65. The highest BCUT2D eigenvalue weighted by Crippen LogP contribution is 2.66. The zero-order valence-corrected chi connectivity index (χ0v) is 28.0. The maximum Gasteiger partial charge on any atom is 0.192 e. The average Bonchev–Trinajstić information content (AvgIpc) is 3.13. The van der Waals surface area contributed by atoms with E-state index in [4.69, 9.17) is 4.43 Å². The molecule has 0 aliphatic heterocycles. The van der Waals surface area contributed by atoms with E-state index in [9.17, 15) is 10.2 Å². The van der Waals surface area contributed by atoms with Crippen LogP contribution in [0.25, 0.3) is 0 Å². The minimum Gasteiger partial charge on any atom is -0.414 e. The molecule has 0 amide bonds. The Labute approximate surface area is 239 Å². The predicted octanol–water partition coefficient (Wildman–Crippen LogP) is 8.52. The summed E-state index contributed by atoms with van der Waals surface area (Å²) < 4.78 is 6.83. The molecular weight excluding hydrogens is 505 g/mol. The minimum atomic E-state index is -1.87. The molecule has 3 fully saturated rings.